The quantitative estimate of drug-likeness (QED) is 0.820. The van der Waals surface area contributed by atoms with Crippen molar-refractivity contribution in [2.45, 2.75) is 13.3 Å². The predicted octanol–water partition coefficient (Wildman–Crippen LogP) is 2.74. The number of rotatable bonds is 2. The highest BCUT2D eigenvalue weighted by Gasteiger charge is 2.09. The van der Waals surface area contributed by atoms with E-state index in [-0.39, 0.29) is 11.5 Å². The van der Waals surface area contributed by atoms with Crippen LogP contribution < -0.4 is 0 Å². The molecule has 0 aliphatic carbocycles. The summed E-state index contributed by atoms with van der Waals surface area (Å²) in [7, 11) is 0. The number of benzene rings is 1. The highest BCUT2D eigenvalue weighted by atomic mass is 32.1. The number of hydrogen-bond donors (Lipinski definition) is 1. The van der Waals surface area contributed by atoms with E-state index in [0.717, 1.165) is 15.6 Å². The molecule has 0 saturated carbocycles. The lowest BCUT2D eigenvalue weighted by Gasteiger charge is -1.98. The predicted molar refractivity (Wildman–Crippen MR) is 57.9 cm³/mol. The first-order chi connectivity index (χ1) is 6.68. The van der Waals surface area contributed by atoms with Crippen molar-refractivity contribution in [1.29, 1.82) is 0 Å². The molecule has 0 aliphatic heterocycles. The van der Waals surface area contributed by atoms with Gasteiger partial charge in [-0.3, -0.25) is 4.79 Å². The average Bonchev–Trinajstić information content (AvgIpc) is 2.49. The molecule has 1 heterocycles. The summed E-state index contributed by atoms with van der Waals surface area (Å²) in [6.07, 6.45) is 0.400. The fraction of sp³-hybridized carbons (Fsp3) is 0.182. The monoisotopic (exact) mass is 206 g/mol. The van der Waals surface area contributed by atoms with Gasteiger partial charge in [-0.15, -0.1) is 11.3 Å². The van der Waals surface area contributed by atoms with Gasteiger partial charge >= 0.3 is 0 Å². The molecule has 0 radical (unpaired) electrons. The summed E-state index contributed by atoms with van der Waals surface area (Å²) in [5.41, 5.74) is 0.926. The van der Waals surface area contributed by atoms with Crippen LogP contribution in [0.15, 0.2) is 23.6 Å². The minimum atomic E-state index is 0.118. The molecule has 1 aromatic heterocycles. The van der Waals surface area contributed by atoms with Crippen molar-refractivity contribution in [1.82, 2.24) is 0 Å². The van der Waals surface area contributed by atoms with Crippen LogP contribution in [0.2, 0.25) is 0 Å². The van der Waals surface area contributed by atoms with E-state index in [1.54, 1.807) is 24.3 Å². The number of phenolic OH excluding ortho intramolecular Hbond substituents is 1. The van der Waals surface area contributed by atoms with Gasteiger partial charge in [-0.1, -0.05) is 6.07 Å². The number of hydrogen-bond acceptors (Lipinski definition) is 3. The van der Waals surface area contributed by atoms with Gasteiger partial charge in [-0.05, 0) is 30.0 Å². The molecule has 0 aliphatic rings. The highest BCUT2D eigenvalue weighted by Crippen LogP contribution is 2.33. The Morgan fingerprint density at radius 1 is 1.50 bits per heavy atom. The summed E-state index contributed by atoms with van der Waals surface area (Å²) in [5.74, 6) is 0.382. The van der Waals surface area contributed by atoms with Crippen molar-refractivity contribution in [3.8, 4) is 5.75 Å². The Hall–Kier alpha value is -1.35. The maximum Gasteiger partial charge on any atom is 0.134 e. The number of aromatic hydroxyl groups is 1. The van der Waals surface area contributed by atoms with E-state index in [1.807, 2.05) is 17.5 Å². The summed E-state index contributed by atoms with van der Waals surface area (Å²) in [4.78, 5) is 11.0. The van der Waals surface area contributed by atoms with E-state index >= 15 is 0 Å². The fourth-order valence-electron chi connectivity index (χ4n) is 1.53. The zero-order valence-corrected chi connectivity index (χ0v) is 8.60. The van der Waals surface area contributed by atoms with E-state index < -0.39 is 0 Å². The van der Waals surface area contributed by atoms with Gasteiger partial charge < -0.3 is 5.11 Å². The zero-order chi connectivity index (χ0) is 10.1. The van der Waals surface area contributed by atoms with Gasteiger partial charge in [0, 0.05) is 16.5 Å². The lowest BCUT2D eigenvalue weighted by Crippen LogP contribution is -1.94. The van der Waals surface area contributed by atoms with Crippen LogP contribution in [0.4, 0.5) is 0 Å². The van der Waals surface area contributed by atoms with Crippen LogP contribution in [0.25, 0.3) is 10.1 Å². The zero-order valence-electron chi connectivity index (χ0n) is 7.78. The molecule has 0 bridgehead atoms. The van der Waals surface area contributed by atoms with E-state index in [0.29, 0.717) is 6.42 Å². The van der Waals surface area contributed by atoms with Gasteiger partial charge in [0.1, 0.15) is 11.5 Å². The van der Waals surface area contributed by atoms with Gasteiger partial charge in [0.15, 0.2) is 0 Å². The number of carbonyl (C=O) groups is 1. The second-order valence-corrected chi connectivity index (χ2v) is 4.20. The van der Waals surface area contributed by atoms with Gasteiger partial charge in [-0.2, -0.15) is 0 Å². The molecule has 3 heteroatoms. The van der Waals surface area contributed by atoms with Crippen LogP contribution in [0.5, 0.6) is 5.75 Å². The summed E-state index contributed by atoms with van der Waals surface area (Å²) in [5, 5.41) is 12.4. The fourth-order valence-corrected chi connectivity index (χ4v) is 2.51. The van der Waals surface area contributed by atoms with Gasteiger partial charge in [0.2, 0.25) is 0 Å². The van der Waals surface area contributed by atoms with Crippen molar-refractivity contribution in [3.63, 3.8) is 0 Å². The van der Waals surface area contributed by atoms with Crippen molar-refractivity contribution in [3.05, 3.63) is 29.1 Å². The summed E-state index contributed by atoms with van der Waals surface area (Å²) < 4.78 is 1.03. The molecular formula is C11H10O2S. The highest BCUT2D eigenvalue weighted by molar-refractivity contribution is 7.17. The lowest BCUT2D eigenvalue weighted by molar-refractivity contribution is -0.116. The molecule has 2 nitrogen and oxygen atoms in total. The smallest absolute Gasteiger partial charge is 0.134 e. The van der Waals surface area contributed by atoms with Gasteiger partial charge in [0.05, 0.1) is 0 Å². The Balaban J connectivity index is 2.61. The molecule has 0 amide bonds. The van der Waals surface area contributed by atoms with Gasteiger partial charge in [0.25, 0.3) is 0 Å². The topological polar surface area (TPSA) is 37.3 Å². The number of ketones is 1. The molecule has 2 rings (SSSR count). The third kappa shape index (κ3) is 1.51. The third-order valence-corrected chi connectivity index (χ3v) is 3.09. The molecule has 0 fully saturated rings. The molecule has 0 saturated heterocycles. The standard InChI is InChI=1S/C11H10O2S/c1-7(12)5-8-6-14-10-4-2-3-9(13)11(8)10/h2-4,6,13H,5H2,1H3. The Labute approximate surface area is 85.8 Å². The van der Waals surface area contributed by atoms with E-state index in [4.69, 9.17) is 0 Å². The molecule has 0 unspecified atom stereocenters. The number of carbonyl (C=O) groups excluding carboxylic acids is 1. The minimum Gasteiger partial charge on any atom is -0.507 e. The Morgan fingerprint density at radius 2 is 2.29 bits per heavy atom. The maximum atomic E-state index is 11.0. The Morgan fingerprint density at radius 3 is 3.00 bits per heavy atom. The van der Waals surface area contributed by atoms with E-state index in [1.165, 1.54) is 0 Å². The first-order valence-electron chi connectivity index (χ1n) is 4.36. The molecule has 1 N–H and O–H groups in total. The first kappa shape index (κ1) is 9.21. The van der Waals surface area contributed by atoms with E-state index in [9.17, 15) is 9.90 Å². The van der Waals surface area contributed by atoms with Crippen LogP contribution >= 0.6 is 11.3 Å². The second-order valence-electron chi connectivity index (χ2n) is 3.29. The first-order valence-corrected chi connectivity index (χ1v) is 5.24. The van der Waals surface area contributed by atoms with Crippen molar-refractivity contribution in [2.24, 2.45) is 0 Å². The van der Waals surface area contributed by atoms with Gasteiger partial charge in [-0.25, -0.2) is 0 Å². The molecule has 14 heavy (non-hydrogen) atoms. The molecule has 0 spiro atoms. The van der Waals surface area contributed by atoms with Crippen molar-refractivity contribution >= 4 is 27.2 Å². The molecule has 2 aromatic rings. The van der Waals surface area contributed by atoms with Crippen LogP contribution in [-0.2, 0) is 11.2 Å². The largest absolute Gasteiger partial charge is 0.507 e. The summed E-state index contributed by atoms with van der Waals surface area (Å²) in [6.45, 7) is 1.56. The Kier molecular flexibility index (Phi) is 2.25. The molecule has 0 atom stereocenters. The normalized spacial score (nSPS) is 10.6. The lowest BCUT2D eigenvalue weighted by atomic mass is 10.1. The van der Waals surface area contributed by atoms with Crippen LogP contribution in [0.1, 0.15) is 12.5 Å². The Bertz CT molecular complexity index is 485. The molecule has 1 aromatic carbocycles. The second kappa shape index (κ2) is 3.42. The number of phenols is 1. The minimum absolute atomic E-state index is 0.118. The van der Waals surface area contributed by atoms with E-state index in [2.05, 4.69) is 0 Å². The van der Waals surface area contributed by atoms with Crippen molar-refractivity contribution < 1.29 is 9.90 Å². The summed E-state index contributed by atoms with van der Waals surface area (Å²) >= 11 is 1.56. The number of thiophene rings is 1. The van der Waals surface area contributed by atoms with Crippen molar-refractivity contribution in [2.75, 3.05) is 0 Å². The van der Waals surface area contributed by atoms with Crippen LogP contribution in [0.3, 0.4) is 0 Å². The summed E-state index contributed by atoms with van der Waals surface area (Å²) in [6, 6.07) is 5.41. The molecule has 72 valence electrons. The third-order valence-electron chi connectivity index (χ3n) is 2.09. The van der Waals surface area contributed by atoms with Crippen LogP contribution in [-0.4, -0.2) is 10.9 Å². The molecular weight excluding hydrogens is 196 g/mol. The van der Waals surface area contributed by atoms with Crippen LogP contribution in [0, 0.1) is 0 Å². The SMILES string of the molecule is CC(=O)Cc1csc2cccc(O)c12. The number of Topliss-reactive ketones (excluding diaryl/α,β-unsaturated/α-hetero) is 1. The average molecular weight is 206 g/mol. The maximum absolute atomic E-state index is 11.0. The number of fused-ring (bicyclic) bond motifs is 1.